The van der Waals surface area contributed by atoms with Crippen molar-refractivity contribution >= 4 is 11.6 Å². The van der Waals surface area contributed by atoms with Gasteiger partial charge in [0, 0.05) is 17.8 Å². The molecule has 0 radical (unpaired) electrons. The summed E-state index contributed by atoms with van der Waals surface area (Å²) < 4.78 is 7.41. The molecule has 0 saturated heterocycles. The number of para-hydroxylation sites is 1. The van der Waals surface area contributed by atoms with E-state index in [9.17, 15) is 4.79 Å². The van der Waals surface area contributed by atoms with E-state index in [0.29, 0.717) is 30.7 Å². The maximum absolute atomic E-state index is 12.5. The number of aryl methyl sites for hydroxylation is 2. The van der Waals surface area contributed by atoms with Gasteiger partial charge in [-0.2, -0.15) is 10.4 Å². The molecule has 3 aromatic rings. The van der Waals surface area contributed by atoms with Crippen LogP contribution < -0.4 is 10.1 Å². The number of fused-ring (bicyclic) bond motifs is 2. The van der Waals surface area contributed by atoms with Gasteiger partial charge in [0.2, 0.25) is 5.91 Å². The Hall–Kier alpha value is -3.40. The van der Waals surface area contributed by atoms with Crippen LogP contribution in [-0.2, 0) is 17.6 Å². The molecule has 1 amide bonds. The van der Waals surface area contributed by atoms with Crippen LogP contribution in [0.15, 0.2) is 30.5 Å². The van der Waals surface area contributed by atoms with E-state index in [1.165, 1.54) is 6.20 Å². The SMILES string of the molecule is Cc1nc2c(C#N)cnn2c(C)c1CCC(=O)NC1COc2ccccc2C1. The molecule has 0 saturated carbocycles. The quantitative estimate of drug-likeness (QED) is 0.755. The smallest absolute Gasteiger partial charge is 0.220 e. The lowest BCUT2D eigenvalue weighted by Gasteiger charge is -2.26. The van der Waals surface area contributed by atoms with Gasteiger partial charge in [-0.05, 0) is 43.9 Å². The van der Waals surface area contributed by atoms with E-state index in [0.717, 1.165) is 34.7 Å². The van der Waals surface area contributed by atoms with Crippen molar-refractivity contribution < 1.29 is 9.53 Å². The number of hydrogen-bond donors (Lipinski definition) is 1. The monoisotopic (exact) mass is 375 g/mol. The third-order valence-electron chi connectivity index (χ3n) is 5.18. The summed E-state index contributed by atoms with van der Waals surface area (Å²) in [5.74, 6) is 0.889. The second kappa shape index (κ2) is 7.31. The maximum atomic E-state index is 12.5. The van der Waals surface area contributed by atoms with E-state index >= 15 is 0 Å². The minimum absolute atomic E-state index is 0.00921. The molecule has 0 fully saturated rings. The van der Waals surface area contributed by atoms with Crippen molar-refractivity contribution in [3.63, 3.8) is 0 Å². The first-order chi connectivity index (χ1) is 13.6. The van der Waals surface area contributed by atoms with Crippen LogP contribution in [-0.4, -0.2) is 33.2 Å². The van der Waals surface area contributed by atoms with Crippen molar-refractivity contribution in [2.24, 2.45) is 0 Å². The van der Waals surface area contributed by atoms with Crippen molar-refractivity contribution in [3.05, 3.63) is 58.5 Å². The van der Waals surface area contributed by atoms with Gasteiger partial charge in [-0.25, -0.2) is 9.50 Å². The Balaban J connectivity index is 1.42. The number of carbonyl (C=O) groups excluding carboxylic acids is 1. The molecule has 7 heteroatoms. The van der Waals surface area contributed by atoms with Crippen molar-refractivity contribution in [2.75, 3.05) is 6.61 Å². The minimum Gasteiger partial charge on any atom is -0.491 e. The van der Waals surface area contributed by atoms with Crippen molar-refractivity contribution in [1.82, 2.24) is 19.9 Å². The second-order valence-corrected chi connectivity index (χ2v) is 7.05. The number of benzene rings is 1. The Kier molecular flexibility index (Phi) is 4.70. The average molecular weight is 375 g/mol. The standard InChI is InChI=1S/C21H21N5O2/c1-13-18(14(2)26-21(24-13)16(10-22)11-23-26)7-8-20(27)25-17-9-15-5-3-4-6-19(15)28-12-17/h3-6,11,17H,7-9,12H2,1-2H3,(H,25,27). The molecule has 1 unspecified atom stereocenters. The number of amides is 1. The first-order valence-corrected chi connectivity index (χ1v) is 9.31. The van der Waals surface area contributed by atoms with Gasteiger partial charge in [0.05, 0.1) is 12.2 Å². The number of ether oxygens (including phenoxy) is 1. The fourth-order valence-electron chi connectivity index (χ4n) is 3.71. The summed E-state index contributed by atoms with van der Waals surface area (Å²) >= 11 is 0. The van der Waals surface area contributed by atoms with Crippen LogP contribution in [0.5, 0.6) is 5.75 Å². The lowest BCUT2D eigenvalue weighted by Crippen LogP contribution is -2.42. The van der Waals surface area contributed by atoms with Crippen molar-refractivity contribution in [1.29, 1.82) is 5.26 Å². The van der Waals surface area contributed by atoms with Gasteiger partial charge in [-0.1, -0.05) is 18.2 Å². The zero-order valence-electron chi connectivity index (χ0n) is 15.9. The fourth-order valence-corrected chi connectivity index (χ4v) is 3.71. The summed E-state index contributed by atoms with van der Waals surface area (Å²) in [6.07, 6.45) is 3.22. The van der Waals surface area contributed by atoms with E-state index in [4.69, 9.17) is 10.00 Å². The highest BCUT2D eigenvalue weighted by Gasteiger charge is 2.21. The molecule has 1 aliphatic rings. The fraction of sp³-hybridized carbons (Fsp3) is 0.333. The molecule has 1 aromatic carbocycles. The third kappa shape index (κ3) is 3.29. The molecule has 1 atom stereocenters. The lowest BCUT2D eigenvalue weighted by molar-refractivity contribution is -0.122. The number of hydrogen-bond acceptors (Lipinski definition) is 5. The van der Waals surface area contributed by atoms with Gasteiger partial charge in [-0.3, -0.25) is 4.79 Å². The Bertz CT molecular complexity index is 1100. The zero-order chi connectivity index (χ0) is 19.7. The first-order valence-electron chi connectivity index (χ1n) is 9.31. The summed E-state index contributed by atoms with van der Waals surface area (Å²) in [4.78, 5) is 17.0. The van der Waals surface area contributed by atoms with Crippen molar-refractivity contribution in [2.45, 2.75) is 39.2 Å². The number of aromatic nitrogens is 3. The largest absolute Gasteiger partial charge is 0.491 e. The Labute approximate surface area is 163 Å². The molecule has 142 valence electrons. The summed E-state index contributed by atoms with van der Waals surface area (Å²) in [5.41, 5.74) is 4.85. The van der Waals surface area contributed by atoms with Gasteiger partial charge in [0.25, 0.3) is 0 Å². The Morgan fingerprint density at radius 1 is 1.39 bits per heavy atom. The Morgan fingerprint density at radius 3 is 3.04 bits per heavy atom. The summed E-state index contributed by atoms with van der Waals surface area (Å²) in [5, 5.41) is 16.5. The molecule has 7 nitrogen and oxygen atoms in total. The molecule has 2 aromatic heterocycles. The van der Waals surface area contributed by atoms with Gasteiger partial charge in [0.1, 0.15) is 24.0 Å². The topological polar surface area (TPSA) is 92.3 Å². The molecular formula is C21H21N5O2. The maximum Gasteiger partial charge on any atom is 0.220 e. The van der Waals surface area contributed by atoms with E-state index in [1.807, 2.05) is 38.1 Å². The van der Waals surface area contributed by atoms with Crippen LogP contribution in [0.2, 0.25) is 0 Å². The van der Waals surface area contributed by atoms with Crippen LogP contribution in [0.1, 0.15) is 34.5 Å². The highest BCUT2D eigenvalue weighted by molar-refractivity contribution is 5.76. The summed E-state index contributed by atoms with van der Waals surface area (Å²) in [6.45, 7) is 4.33. The normalized spacial score (nSPS) is 15.5. The zero-order valence-corrected chi connectivity index (χ0v) is 15.9. The van der Waals surface area contributed by atoms with E-state index in [-0.39, 0.29) is 11.9 Å². The number of nitriles is 1. The number of nitrogens with one attached hydrogen (secondary N) is 1. The number of carbonyl (C=O) groups is 1. The van der Waals surface area contributed by atoms with Crippen molar-refractivity contribution in [3.8, 4) is 11.8 Å². The molecule has 3 heterocycles. The van der Waals surface area contributed by atoms with Crippen LogP contribution in [0.25, 0.3) is 5.65 Å². The van der Waals surface area contributed by atoms with E-state index in [1.54, 1.807) is 4.52 Å². The molecule has 0 aliphatic carbocycles. The van der Waals surface area contributed by atoms with Crippen LogP contribution >= 0.6 is 0 Å². The predicted octanol–water partition coefficient (Wildman–Crippen LogP) is 2.27. The van der Waals surface area contributed by atoms with Crippen LogP contribution in [0.3, 0.4) is 0 Å². The van der Waals surface area contributed by atoms with Crippen LogP contribution in [0, 0.1) is 25.2 Å². The predicted molar refractivity (Wildman–Crippen MR) is 103 cm³/mol. The van der Waals surface area contributed by atoms with Gasteiger partial charge in [-0.15, -0.1) is 0 Å². The number of rotatable bonds is 4. The minimum atomic E-state index is -0.0190. The summed E-state index contributed by atoms with van der Waals surface area (Å²) in [7, 11) is 0. The third-order valence-corrected chi connectivity index (χ3v) is 5.18. The highest BCUT2D eigenvalue weighted by atomic mass is 16.5. The highest BCUT2D eigenvalue weighted by Crippen LogP contribution is 2.24. The molecule has 4 rings (SSSR count). The molecule has 0 bridgehead atoms. The Morgan fingerprint density at radius 2 is 2.21 bits per heavy atom. The van der Waals surface area contributed by atoms with Gasteiger partial charge < -0.3 is 10.1 Å². The first kappa shape index (κ1) is 18.0. The molecule has 28 heavy (non-hydrogen) atoms. The number of nitrogens with zero attached hydrogens (tertiary/aromatic N) is 4. The molecule has 1 N–H and O–H groups in total. The molecule has 0 spiro atoms. The van der Waals surface area contributed by atoms with Gasteiger partial charge >= 0.3 is 0 Å². The lowest BCUT2D eigenvalue weighted by atomic mass is 10.0. The summed E-state index contributed by atoms with van der Waals surface area (Å²) in [6, 6.07) is 10.00. The van der Waals surface area contributed by atoms with Gasteiger partial charge in [0.15, 0.2) is 5.65 Å². The van der Waals surface area contributed by atoms with E-state index in [2.05, 4.69) is 21.5 Å². The average Bonchev–Trinajstić information content (AvgIpc) is 3.10. The molecule has 1 aliphatic heterocycles. The molecular weight excluding hydrogens is 354 g/mol. The van der Waals surface area contributed by atoms with E-state index < -0.39 is 0 Å². The van der Waals surface area contributed by atoms with Crippen LogP contribution in [0.4, 0.5) is 0 Å². The second-order valence-electron chi connectivity index (χ2n) is 7.05.